The highest BCUT2D eigenvalue weighted by Crippen LogP contribution is 2.50. The molecule has 0 aromatic heterocycles. The standard InChI is InChI=1S/C23H36N2O2S2/c1-27-21-11-5-4-10-20(21)23-28-18-13-19(29-23)9-3-6-12-22(26)24-14-17-25-15-7-2-8-16-25/h4-5,10-11,19,23H,2-3,6-9,12-18H2,1H3,(H,24,26). The molecule has 0 bridgehead atoms. The molecule has 1 amide bonds. The number of piperidine rings is 1. The maximum absolute atomic E-state index is 12.1. The fraction of sp³-hybridized carbons (Fsp3) is 0.696. The minimum absolute atomic E-state index is 0.223. The van der Waals surface area contributed by atoms with E-state index in [2.05, 4.69) is 40.2 Å². The second-order valence-corrected chi connectivity index (χ2v) is 10.9. The smallest absolute Gasteiger partial charge is 0.220 e. The quantitative estimate of drug-likeness (QED) is 0.517. The molecular formula is C23H36N2O2S2. The molecule has 4 nitrogen and oxygen atoms in total. The third-order valence-electron chi connectivity index (χ3n) is 5.80. The number of rotatable bonds is 10. The molecule has 1 aromatic rings. The van der Waals surface area contributed by atoms with Crippen molar-refractivity contribution in [3.8, 4) is 5.75 Å². The molecule has 2 saturated heterocycles. The fourth-order valence-electron chi connectivity index (χ4n) is 4.11. The van der Waals surface area contributed by atoms with Crippen LogP contribution in [0.15, 0.2) is 24.3 Å². The summed E-state index contributed by atoms with van der Waals surface area (Å²) in [7, 11) is 1.76. The number of para-hydroxylation sites is 1. The number of likely N-dealkylation sites (tertiary alicyclic amines) is 1. The molecule has 0 radical (unpaired) electrons. The Morgan fingerprint density at radius 3 is 2.86 bits per heavy atom. The Morgan fingerprint density at radius 1 is 1.21 bits per heavy atom. The topological polar surface area (TPSA) is 41.6 Å². The molecule has 2 heterocycles. The van der Waals surface area contributed by atoms with Gasteiger partial charge in [0.15, 0.2) is 0 Å². The molecule has 162 valence electrons. The molecule has 2 fully saturated rings. The molecule has 0 spiro atoms. The molecule has 1 aromatic carbocycles. The van der Waals surface area contributed by atoms with Gasteiger partial charge in [-0.25, -0.2) is 0 Å². The highest BCUT2D eigenvalue weighted by molar-refractivity contribution is 8.17. The lowest BCUT2D eigenvalue weighted by Crippen LogP contribution is -2.37. The molecule has 2 aliphatic rings. The van der Waals surface area contributed by atoms with Gasteiger partial charge in [-0.15, -0.1) is 23.5 Å². The average Bonchev–Trinajstić information content (AvgIpc) is 2.77. The summed E-state index contributed by atoms with van der Waals surface area (Å²) in [5.74, 6) is 2.43. The van der Waals surface area contributed by atoms with Crippen molar-refractivity contribution in [3.05, 3.63) is 29.8 Å². The minimum atomic E-state index is 0.223. The largest absolute Gasteiger partial charge is 0.496 e. The van der Waals surface area contributed by atoms with Crippen LogP contribution < -0.4 is 10.1 Å². The number of unbranched alkanes of at least 4 members (excludes halogenated alkanes) is 1. The van der Waals surface area contributed by atoms with E-state index in [1.807, 2.05) is 17.8 Å². The van der Waals surface area contributed by atoms with Gasteiger partial charge in [0.05, 0.1) is 11.7 Å². The van der Waals surface area contributed by atoms with E-state index in [0.29, 0.717) is 16.3 Å². The monoisotopic (exact) mass is 436 g/mol. The third kappa shape index (κ3) is 7.72. The second kappa shape index (κ2) is 12.8. The Balaban J connectivity index is 1.29. The van der Waals surface area contributed by atoms with Gasteiger partial charge >= 0.3 is 0 Å². The number of carbonyl (C=O) groups is 1. The second-order valence-electron chi connectivity index (χ2n) is 7.99. The summed E-state index contributed by atoms with van der Waals surface area (Å²) in [6.07, 6.45) is 9.26. The summed E-state index contributed by atoms with van der Waals surface area (Å²) in [6.45, 7) is 4.20. The number of nitrogens with one attached hydrogen (secondary N) is 1. The Labute approximate surface area is 184 Å². The summed E-state index contributed by atoms with van der Waals surface area (Å²) in [6, 6.07) is 8.39. The van der Waals surface area contributed by atoms with Crippen LogP contribution in [0.3, 0.4) is 0 Å². The van der Waals surface area contributed by atoms with Crippen LogP contribution in [0.4, 0.5) is 0 Å². The minimum Gasteiger partial charge on any atom is -0.496 e. The zero-order valence-electron chi connectivity index (χ0n) is 17.7. The van der Waals surface area contributed by atoms with Gasteiger partial charge in [0.1, 0.15) is 5.75 Å². The summed E-state index contributed by atoms with van der Waals surface area (Å²) in [5, 5.41) is 3.79. The summed E-state index contributed by atoms with van der Waals surface area (Å²) < 4.78 is 6.02. The van der Waals surface area contributed by atoms with Gasteiger partial charge < -0.3 is 15.0 Å². The van der Waals surface area contributed by atoms with E-state index in [4.69, 9.17) is 4.74 Å². The molecule has 1 N–H and O–H groups in total. The first-order valence-corrected chi connectivity index (χ1v) is 13.1. The van der Waals surface area contributed by atoms with E-state index in [1.165, 1.54) is 56.5 Å². The number of benzene rings is 1. The zero-order valence-corrected chi connectivity index (χ0v) is 19.4. The SMILES string of the molecule is COc1ccccc1C1SCCC(CCCCC(=O)NCCN2CCCCC2)S1. The maximum Gasteiger partial charge on any atom is 0.220 e. The number of methoxy groups -OCH3 is 1. The number of ether oxygens (including phenoxy) is 1. The maximum atomic E-state index is 12.1. The Kier molecular flexibility index (Phi) is 10.0. The van der Waals surface area contributed by atoms with Crippen molar-refractivity contribution in [2.24, 2.45) is 0 Å². The number of hydrogen-bond acceptors (Lipinski definition) is 5. The van der Waals surface area contributed by atoms with Gasteiger partial charge in [-0.2, -0.15) is 0 Å². The first kappa shape index (κ1) is 22.8. The Morgan fingerprint density at radius 2 is 2.03 bits per heavy atom. The van der Waals surface area contributed by atoms with Crippen molar-refractivity contribution in [3.63, 3.8) is 0 Å². The predicted molar refractivity (Wildman–Crippen MR) is 126 cm³/mol. The van der Waals surface area contributed by atoms with Crippen LogP contribution in [0, 0.1) is 0 Å². The van der Waals surface area contributed by atoms with E-state index in [-0.39, 0.29) is 5.91 Å². The lowest BCUT2D eigenvalue weighted by atomic mass is 10.1. The molecule has 3 rings (SSSR count). The van der Waals surface area contributed by atoms with Gasteiger partial charge in [0.2, 0.25) is 5.91 Å². The van der Waals surface area contributed by atoms with E-state index < -0.39 is 0 Å². The summed E-state index contributed by atoms with van der Waals surface area (Å²) in [5.41, 5.74) is 1.31. The fourth-order valence-corrected chi connectivity index (χ4v) is 7.59. The number of carbonyl (C=O) groups excluding carboxylic acids is 1. The van der Waals surface area contributed by atoms with Crippen LogP contribution in [-0.4, -0.2) is 55.1 Å². The number of nitrogens with zero attached hydrogens (tertiary/aromatic N) is 1. The van der Waals surface area contributed by atoms with Crippen molar-refractivity contribution in [2.75, 3.05) is 39.0 Å². The van der Waals surface area contributed by atoms with Crippen LogP contribution in [0.5, 0.6) is 5.75 Å². The van der Waals surface area contributed by atoms with E-state index in [9.17, 15) is 4.79 Å². The molecule has 6 heteroatoms. The molecule has 2 aliphatic heterocycles. The van der Waals surface area contributed by atoms with Crippen LogP contribution >= 0.6 is 23.5 Å². The number of amides is 1. The van der Waals surface area contributed by atoms with Crippen molar-refractivity contribution in [1.82, 2.24) is 10.2 Å². The molecule has 2 atom stereocenters. The summed E-state index contributed by atoms with van der Waals surface area (Å²) in [4.78, 5) is 14.6. The lowest BCUT2D eigenvalue weighted by Gasteiger charge is -2.29. The molecule has 2 unspecified atom stereocenters. The lowest BCUT2D eigenvalue weighted by molar-refractivity contribution is -0.121. The highest BCUT2D eigenvalue weighted by Gasteiger charge is 2.26. The van der Waals surface area contributed by atoms with E-state index in [0.717, 1.165) is 31.7 Å². The number of hydrogen-bond donors (Lipinski definition) is 1. The molecule has 29 heavy (non-hydrogen) atoms. The number of thioether (sulfide) groups is 2. The van der Waals surface area contributed by atoms with Crippen molar-refractivity contribution in [1.29, 1.82) is 0 Å². The first-order chi connectivity index (χ1) is 14.3. The van der Waals surface area contributed by atoms with Gasteiger partial charge in [0.25, 0.3) is 0 Å². The van der Waals surface area contributed by atoms with Gasteiger partial charge in [-0.05, 0) is 57.0 Å². The average molecular weight is 437 g/mol. The van der Waals surface area contributed by atoms with E-state index in [1.54, 1.807) is 7.11 Å². The Hall–Kier alpha value is -0.850. The van der Waals surface area contributed by atoms with Gasteiger partial charge in [-0.1, -0.05) is 31.0 Å². The normalized spacial score (nSPS) is 22.9. The predicted octanol–water partition coefficient (Wildman–Crippen LogP) is 5.10. The van der Waals surface area contributed by atoms with Gasteiger partial charge in [0, 0.05) is 30.3 Å². The van der Waals surface area contributed by atoms with Gasteiger partial charge in [-0.3, -0.25) is 4.79 Å². The van der Waals surface area contributed by atoms with Crippen molar-refractivity contribution >= 4 is 29.4 Å². The first-order valence-electron chi connectivity index (χ1n) is 11.2. The van der Waals surface area contributed by atoms with Crippen LogP contribution in [0.2, 0.25) is 0 Å². The van der Waals surface area contributed by atoms with Crippen LogP contribution in [0.1, 0.15) is 61.5 Å². The zero-order chi connectivity index (χ0) is 20.3. The van der Waals surface area contributed by atoms with Crippen molar-refractivity contribution in [2.45, 2.75) is 61.2 Å². The van der Waals surface area contributed by atoms with Crippen molar-refractivity contribution < 1.29 is 9.53 Å². The van der Waals surface area contributed by atoms with Crippen LogP contribution in [0.25, 0.3) is 0 Å². The molecular weight excluding hydrogens is 400 g/mol. The van der Waals surface area contributed by atoms with E-state index >= 15 is 0 Å². The molecule has 0 aliphatic carbocycles. The third-order valence-corrected chi connectivity index (χ3v) is 8.92. The highest BCUT2D eigenvalue weighted by atomic mass is 32.2. The Bertz CT molecular complexity index is 623. The van der Waals surface area contributed by atoms with Crippen LogP contribution in [-0.2, 0) is 4.79 Å². The summed E-state index contributed by atoms with van der Waals surface area (Å²) >= 11 is 4.11. The molecule has 0 saturated carbocycles.